The number of aryl methyl sites for hydroxylation is 1. The van der Waals surface area contributed by atoms with Crippen LogP contribution in [-0.4, -0.2) is 22.0 Å². The number of halogens is 1. The number of thiophene rings is 1. The minimum Gasteiger partial charge on any atom is -0.478 e. The molecule has 3 aromatic rings. The summed E-state index contributed by atoms with van der Waals surface area (Å²) in [6.07, 6.45) is 1.45. The number of carboxylic acids is 1. The van der Waals surface area contributed by atoms with E-state index in [9.17, 15) is 14.7 Å². The van der Waals surface area contributed by atoms with Gasteiger partial charge >= 0.3 is 5.97 Å². The normalized spacial score (nSPS) is 10.5. The smallest absolute Gasteiger partial charge is 0.339 e. The van der Waals surface area contributed by atoms with Crippen molar-refractivity contribution in [2.24, 2.45) is 0 Å². The number of pyridine rings is 1. The zero-order chi connectivity index (χ0) is 18.0. The van der Waals surface area contributed by atoms with Crippen molar-refractivity contribution in [3.63, 3.8) is 0 Å². The van der Waals surface area contributed by atoms with Crippen LogP contribution in [0, 0.1) is 6.92 Å². The van der Waals surface area contributed by atoms with Gasteiger partial charge in [-0.25, -0.2) is 4.79 Å². The number of carboxylic acid groups (broad SMARTS) is 1. The minimum atomic E-state index is -1.13. The van der Waals surface area contributed by atoms with Crippen LogP contribution in [0.15, 0.2) is 48.0 Å². The summed E-state index contributed by atoms with van der Waals surface area (Å²) in [7, 11) is 0. The molecule has 0 fully saturated rings. The second-order valence-corrected chi connectivity index (χ2v) is 6.66. The van der Waals surface area contributed by atoms with Gasteiger partial charge in [-0.15, -0.1) is 11.3 Å². The molecule has 0 radical (unpaired) electrons. The summed E-state index contributed by atoms with van der Waals surface area (Å²) < 4.78 is 0. The lowest BCUT2D eigenvalue weighted by Crippen LogP contribution is -2.14. The summed E-state index contributed by atoms with van der Waals surface area (Å²) in [4.78, 5) is 28.7. The van der Waals surface area contributed by atoms with Gasteiger partial charge in [-0.3, -0.25) is 9.78 Å². The number of aromatic carboxylic acids is 1. The molecule has 7 heteroatoms. The molecule has 126 valence electrons. The third-order valence-corrected chi connectivity index (χ3v) is 4.75. The average Bonchev–Trinajstić information content (AvgIpc) is 3.00. The van der Waals surface area contributed by atoms with Gasteiger partial charge in [-0.2, -0.15) is 0 Å². The number of nitrogens with one attached hydrogen (secondary N) is 1. The number of benzene rings is 1. The van der Waals surface area contributed by atoms with Crippen molar-refractivity contribution in [2.75, 3.05) is 5.32 Å². The van der Waals surface area contributed by atoms with Crippen molar-refractivity contribution in [1.82, 2.24) is 4.98 Å². The molecule has 2 N–H and O–H groups in total. The predicted octanol–water partition coefficient (Wildman–Crippen LogP) is 4.72. The number of carbonyl (C=O) groups is 2. The number of amides is 1. The van der Waals surface area contributed by atoms with E-state index in [1.807, 2.05) is 19.1 Å². The van der Waals surface area contributed by atoms with Gasteiger partial charge in [0, 0.05) is 17.1 Å². The maximum atomic E-state index is 12.4. The van der Waals surface area contributed by atoms with E-state index in [1.54, 1.807) is 29.6 Å². The minimum absolute atomic E-state index is 0.0142. The second kappa shape index (κ2) is 7.04. The van der Waals surface area contributed by atoms with Gasteiger partial charge in [0.05, 0.1) is 21.3 Å². The number of nitrogens with zero attached hydrogens (tertiary/aromatic N) is 1. The Labute approximate surface area is 152 Å². The van der Waals surface area contributed by atoms with E-state index in [1.165, 1.54) is 17.5 Å². The third-order valence-electron chi connectivity index (χ3n) is 3.53. The highest BCUT2D eigenvalue weighted by Gasteiger charge is 2.22. The first-order chi connectivity index (χ1) is 12.0. The zero-order valence-electron chi connectivity index (χ0n) is 13.1. The van der Waals surface area contributed by atoms with Crippen LogP contribution in [-0.2, 0) is 0 Å². The molecule has 0 bridgehead atoms. The standard InChI is InChI=1S/C18H13ClN2O3S/c1-10-2-4-11(5-3-10)17(22)21-14-9-25-16(15(14)18(23)24)13-7-6-12(19)8-20-13/h2-9H,1H3,(H,21,22)(H,23,24). The van der Waals surface area contributed by atoms with Crippen LogP contribution >= 0.6 is 22.9 Å². The Balaban J connectivity index is 1.94. The summed E-state index contributed by atoms with van der Waals surface area (Å²) in [5.41, 5.74) is 2.24. The van der Waals surface area contributed by atoms with Gasteiger partial charge in [0.25, 0.3) is 5.91 Å². The number of hydrogen-bond acceptors (Lipinski definition) is 4. The molecule has 1 amide bonds. The fourth-order valence-corrected chi connectivity index (χ4v) is 3.34. The topological polar surface area (TPSA) is 79.3 Å². The Bertz CT molecular complexity index is 934. The highest BCUT2D eigenvalue weighted by Crippen LogP contribution is 2.35. The fraction of sp³-hybridized carbons (Fsp3) is 0.0556. The first-order valence-electron chi connectivity index (χ1n) is 7.30. The van der Waals surface area contributed by atoms with Crippen molar-refractivity contribution in [3.8, 4) is 10.6 Å². The van der Waals surface area contributed by atoms with Crippen molar-refractivity contribution in [1.29, 1.82) is 0 Å². The van der Waals surface area contributed by atoms with Gasteiger partial charge in [-0.05, 0) is 31.2 Å². The number of rotatable bonds is 4. The summed E-state index contributed by atoms with van der Waals surface area (Å²) in [5, 5.41) is 14.3. The van der Waals surface area contributed by atoms with Gasteiger partial charge in [0.1, 0.15) is 5.56 Å². The number of hydrogen-bond donors (Lipinski definition) is 2. The molecule has 0 atom stereocenters. The molecule has 0 aliphatic rings. The van der Waals surface area contributed by atoms with Crippen molar-refractivity contribution >= 4 is 40.5 Å². The Kier molecular flexibility index (Phi) is 4.83. The van der Waals surface area contributed by atoms with Crippen LogP contribution in [0.2, 0.25) is 5.02 Å². The molecule has 0 unspecified atom stereocenters. The first-order valence-corrected chi connectivity index (χ1v) is 8.56. The van der Waals surface area contributed by atoms with Gasteiger partial charge in [0.2, 0.25) is 0 Å². The van der Waals surface area contributed by atoms with Gasteiger partial charge in [0.15, 0.2) is 0 Å². The monoisotopic (exact) mass is 372 g/mol. The van der Waals surface area contributed by atoms with E-state index in [0.29, 0.717) is 21.2 Å². The number of carbonyl (C=O) groups excluding carboxylic acids is 1. The van der Waals surface area contributed by atoms with Crippen LogP contribution < -0.4 is 5.32 Å². The molecular formula is C18H13ClN2O3S. The maximum Gasteiger partial charge on any atom is 0.339 e. The highest BCUT2D eigenvalue weighted by molar-refractivity contribution is 7.14. The molecule has 0 spiro atoms. The predicted molar refractivity (Wildman–Crippen MR) is 98.7 cm³/mol. The molecule has 3 rings (SSSR count). The van der Waals surface area contributed by atoms with E-state index in [2.05, 4.69) is 10.3 Å². The maximum absolute atomic E-state index is 12.4. The summed E-state index contributed by atoms with van der Waals surface area (Å²) in [5.74, 6) is -1.50. The molecule has 5 nitrogen and oxygen atoms in total. The van der Waals surface area contributed by atoms with Crippen LogP contribution in [0.4, 0.5) is 5.69 Å². The third kappa shape index (κ3) is 3.70. The Morgan fingerprint density at radius 2 is 1.88 bits per heavy atom. The number of aromatic nitrogens is 1. The lowest BCUT2D eigenvalue weighted by Gasteiger charge is -2.06. The van der Waals surface area contributed by atoms with Gasteiger partial charge < -0.3 is 10.4 Å². The van der Waals surface area contributed by atoms with E-state index < -0.39 is 5.97 Å². The molecule has 0 aliphatic heterocycles. The van der Waals surface area contributed by atoms with Gasteiger partial charge in [-0.1, -0.05) is 29.3 Å². The molecule has 25 heavy (non-hydrogen) atoms. The zero-order valence-corrected chi connectivity index (χ0v) is 14.7. The molecule has 0 saturated carbocycles. The second-order valence-electron chi connectivity index (χ2n) is 5.34. The highest BCUT2D eigenvalue weighted by atomic mass is 35.5. The van der Waals surface area contributed by atoms with Crippen molar-refractivity contribution in [3.05, 3.63) is 69.7 Å². The fourth-order valence-electron chi connectivity index (χ4n) is 2.26. The molecule has 2 aromatic heterocycles. The molecule has 2 heterocycles. The average molecular weight is 373 g/mol. The van der Waals surface area contributed by atoms with Crippen LogP contribution in [0.25, 0.3) is 10.6 Å². The Morgan fingerprint density at radius 1 is 1.16 bits per heavy atom. The first kappa shape index (κ1) is 17.1. The quantitative estimate of drug-likeness (QED) is 0.694. The van der Waals surface area contributed by atoms with Crippen molar-refractivity contribution in [2.45, 2.75) is 6.92 Å². The molecule has 0 saturated heterocycles. The molecule has 1 aromatic carbocycles. The molecule has 0 aliphatic carbocycles. The van der Waals surface area contributed by atoms with E-state index in [0.717, 1.165) is 5.56 Å². The number of anilines is 1. The van der Waals surface area contributed by atoms with Crippen molar-refractivity contribution < 1.29 is 14.7 Å². The summed E-state index contributed by atoms with van der Waals surface area (Å²) >= 11 is 7.02. The Hall–Kier alpha value is -2.70. The van der Waals surface area contributed by atoms with Crippen LogP contribution in [0.5, 0.6) is 0 Å². The lowest BCUT2D eigenvalue weighted by atomic mass is 10.1. The lowest BCUT2D eigenvalue weighted by molar-refractivity contribution is 0.0699. The van der Waals surface area contributed by atoms with E-state index >= 15 is 0 Å². The summed E-state index contributed by atoms with van der Waals surface area (Å²) in [6, 6.07) is 10.3. The van der Waals surface area contributed by atoms with Crippen LogP contribution in [0.1, 0.15) is 26.3 Å². The molecular weight excluding hydrogens is 360 g/mol. The van der Waals surface area contributed by atoms with E-state index in [-0.39, 0.29) is 17.2 Å². The van der Waals surface area contributed by atoms with Crippen LogP contribution in [0.3, 0.4) is 0 Å². The van der Waals surface area contributed by atoms with E-state index in [4.69, 9.17) is 11.6 Å². The summed E-state index contributed by atoms with van der Waals surface area (Å²) in [6.45, 7) is 1.93. The SMILES string of the molecule is Cc1ccc(C(=O)Nc2csc(-c3ccc(Cl)cn3)c2C(=O)O)cc1. The largest absolute Gasteiger partial charge is 0.478 e. The Morgan fingerprint density at radius 3 is 2.48 bits per heavy atom.